The zero-order valence-electron chi connectivity index (χ0n) is 8.20. The van der Waals surface area contributed by atoms with Crippen LogP contribution in [0.2, 0.25) is 0 Å². The fraction of sp³-hybridized carbons (Fsp3) is 0.300. The van der Waals surface area contributed by atoms with Crippen molar-refractivity contribution in [2.75, 3.05) is 23.2 Å². The summed E-state index contributed by atoms with van der Waals surface area (Å²) in [6.07, 6.45) is 0. The largest absolute Gasteiger partial charge is 0.610 e. The van der Waals surface area contributed by atoms with E-state index in [1.807, 2.05) is 18.0 Å². The second-order valence-electron chi connectivity index (χ2n) is 3.41. The smallest absolute Gasteiger partial charge is 0.183 e. The van der Waals surface area contributed by atoms with E-state index in [-0.39, 0.29) is 5.78 Å². The van der Waals surface area contributed by atoms with E-state index in [1.165, 1.54) is 0 Å². The predicted octanol–water partition coefficient (Wildman–Crippen LogP) is 1.78. The lowest BCUT2D eigenvalue weighted by Crippen LogP contribution is -2.16. The molecule has 0 saturated carbocycles. The first-order chi connectivity index (χ1) is 7.13. The molecule has 1 aromatic rings. The first kappa shape index (κ1) is 11.0. The number of benzene rings is 1. The van der Waals surface area contributed by atoms with Gasteiger partial charge in [0.05, 0.1) is 11.0 Å². The van der Waals surface area contributed by atoms with Crippen molar-refractivity contribution in [3.05, 3.63) is 23.8 Å². The fourth-order valence-corrected chi connectivity index (χ4v) is 3.25. The third-order valence-electron chi connectivity index (χ3n) is 2.37. The quantitative estimate of drug-likeness (QED) is 0.473. The Morgan fingerprint density at radius 3 is 3.07 bits per heavy atom. The Balaban J connectivity index is 2.42. The maximum absolute atomic E-state index is 11.7. The van der Waals surface area contributed by atoms with Crippen LogP contribution in [0.4, 0.5) is 5.69 Å². The molecule has 0 saturated heterocycles. The lowest BCUT2D eigenvalue weighted by Gasteiger charge is -2.06. The average Bonchev–Trinajstić information content (AvgIpc) is 2.53. The molecule has 80 valence electrons. The lowest BCUT2D eigenvalue weighted by molar-refractivity contribution is 0.102. The van der Waals surface area contributed by atoms with Crippen molar-refractivity contribution in [1.29, 1.82) is 0 Å². The second-order valence-corrected chi connectivity index (χ2v) is 5.36. The van der Waals surface area contributed by atoms with Crippen LogP contribution in [0.15, 0.2) is 23.1 Å². The summed E-state index contributed by atoms with van der Waals surface area (Å²) in [5.41, 5.74) is 1.58. The number of carbonyl (C=O) groups is 1. The van der Waals surface area contributed by atoms with Crippen LogP contribution < -0.4 is 4.90 Å². The van der Waals surface area contributed by atoms with E-state index in [0.717, 1.165) is 10.6 Å². The Morgan fingerprint density at radius 2 is 2.40 bits per heavy atom. The number of carbonyl (C=O) groups excluding carboxylic acids is 1. The van der Waals surface area contributed by atoms with Crippen molar-refractivity contribution in [1.82, 2.24) is 0 Å². The summed E-state index contributed by atoms with van der Waals surface area (Å²) in [5.74, 6) is 0.533. The van der Waals surface area contributed by atoms with E-state index in [1.54, 1.807) is 12.1 Å². The van der Waals surface area contributed by atoms with Gasteiger partial charge in [-0.3, -0.25) is 4.79 Å². The Labute approximate surface area is 99.8 Å². The van der Waals surface area contributed by atoms with Crippen LogP contribution >= 0.6 is 15.9 Å². The molecule has 0 amide bonds. The number of rotatable bonds is 2. The molecule has 3 nitrogen and oxygen atoms in total. The monoisotopic (exact) mass is 287 g/mol. The first-order valence-corrected chi connectivity index (χ1v) is 6.90. The summed E-state index contributed by atoms with van der Waals surface area (Å²) in [7, 11) is 1.90. The number of anilines is 1. The number of hydrogen-bond acceptors (Lipinski definition) is 3. The highest BCUT2D eigenvalue weighted by molar-refractivity contribution is 9.09. The number of fused-ring (bicyclic) bond motifs is 1. The van der Waals surface area contributed by atoms with Crippen molar-refractivity contribution in [3.8, 4) is 0 Å². The highest BCUT2D eigenvalue weighted by atomic mass is 79.9. The summed E-state index contributed by atoms with van der Waals surface area (Å²) in [5, 5.41) is 0.300. The molecule has 0 spiro atoms. The minimum atomic E-state index is -0.998. The third kappa shape index (κ3) is 1.91. The Morgan fingerprint density at radius 1 is 1.67 bits per heavy atom. The summed E-state index contributed by atoms with van der Waals surface area (Å²) >= 11 is 2.12. The molecule has 1 aliphatic heterocycles. The summed E-state index contributed by atoms with van der Waals surface area (Å²) in [4.78, 5) is 14.1. The molecule has 1 aliphatic rings. The normalized spacial score (nSPS) is 19.1. The molecule has 1 heterocycles. The maximum Gasteiger partial charge on any atom is 0.183 e. The van der Waals surface area contributed by atoms with Gasteiger partial charge in [0, 0.05) is 29.9 Å². The first-order valence-electron chi connectivity index (χ1n) is 4.46. The average molecular weight is 288 g/mol. The molecule has 0 radical (unpaired) electrons. The Hall–Kier alpha value is -0.520. The van der Waals surface area contributed by atoms with Crippen LogP contribution in [-0.2, 0) is 11.2 Å². The van der Waals surface area contributed by atoms with Crippen molar-refractivity contribution in [2.24, 2.45) is 0 Å². The van der Waals surface area contributed by atoms with E-state index in [2.05, 4.69) is 15.9 Å². The van der Waals surface area contributed by atoms with Gasteiger partial charge in [-0.15, -0.1) is 0 Å². The number of alkyl halides is 1. The molecule has 0 aromatic heterocycles. The van der Waals surface area contributed by atoms with Gasteiger partial charge in [0.2, 0.25) is 0 Å². The molecule has 1 atom stereocenters. The number of nitrogens with zero attached hydrogens (tertiary/aromatic N) is 1. The highest BCUT2D eigenvalue weighted by Crippen LogP contribution is 2.33. The van der Waals surface area contributed by atoms with Gasteiger partial charge < -0.3 is 9.45 Å². The van der Waals surface area contributed by atoms with Crippen LogP contribution in [0, 0.1) is 0 Å². The SMILES string of the molecule is CN1C[S+]([O-])c2cc(C(=O)CBr)ccc21. The van der Waals surface area contributed by atoms with Crippen molar-refractivity contribution in [2.45, 2.75) is 4.90 Å². The Bertz CT molecular complexity index is 410. The molecule has 15 heavy (non-hydrogen) atoms. The van der Waals surface area contributed by atoms with Gasteiger partial charge in [-0.05, 0) is 12.1 Å². The van der Waals surface area contributed by atoms with Crippen molar-refractivity contribution >= 4 is 38.6 Å². The van der Waals surface area contributed by atoms with Gasteiger partial charge in [0.1, 0.15) is 0 Å². The van der Waals surface area contributed by atoms with Gasteiger partial charge in [-0.25, -0.2) is 0 Å². The van der Waals surface area contributed by atoms with Gasteiger partial charge in [0.25, 0.3) is 0 Å². The zero-order valence-corrected chi connectivity index (χ0v) is 10.6. The summed E-state index contributed by atoms with van der Waals surface area (Å²) in [6, 6.07) is 5.37. The zero-order chi connectivity index (χ0) is 11.0. The molecule has 0 bridgehead atoms. The molecule has 2 rings (SSSR count). The van der Waals surface area contributed by atoms with Gasteiger partial charge >= 0.3 is 0 Å². The molecular weight excluding hydrogens is 278 g/mol. The van der Waals surface area contributed by atoms with Crippen LogP contribution in [0.1, 0.15) is 10.4 Å². The summed E-state index contributed by atoms with van der Waals surface area (Å²) in [6.45, 7) is 0. The van der Waals surface area contributed by atoms with E-state index >= 15 is 0 Å². The fourth-order valence-electron chi connectivity index (χ4n) is 1.58. The molecule has 1 unspecified atom stereocenters. The van der Waals surface area contributed by atoms with Crippen molar-refractivity contribution in [3.63, 3.8) is 0 Å². The predicted molar refractivity (Wildman–Crippen MR) is 64.2 cm³/mol. The standard InChI is InChI=1S/C10H10BrNO2S/c1-12-6-15(14)10-4-7(9(13)5-11)2-3-8(10)12/h2-4H,5-6H2,1H3. The molecule has 0 fully saturated rings. The van der Waals surface area contributed by atoms with Crippen LogP contribution in [0.5, 0.6) is 0 Å². The van der Waals surface area contributed by atoms with E-state index in [0.29, 0.717) is 16.8 Å². The molecule has 1 aromatic carbocycles. The van der Waals surface area contributed by atoms with Gasteiger partial charge in [-0.2, -0.15) is 0 Å². The Kier molecular flexibility index (Phi) is 3.04. The van der Waals surface area contributed by atoms with Gasteiger partial charge in [0.15, 0.2) is 16.6 Å². The lowest BCUT2D eigenvalue weighted by atomic mass is 10.1. The van der Waals surface area contributed by atoms with E-state index < -0.39 is 11.2 Å². The second kappa shape index (κ2) is 4.15. The minimum absolute atomic E-state index is 0.0179. The van der Waals surface area contributed by atoms with Crippen molar-refractivity contribution < 1.29 is 9.35 Å². The number of hydrogen-bond donors (Lipinski definition) is 0. The molecular formula is C10H10BrNO2S. The number of halogens is 1. The van der Waals surface area contributed by atoms with E-state index in [4.69, 9.17) is 0 Å². The molecule has 0 N–H and O–H groups in total. The number of Topliss-reactive ketones (excluding diaryl/α,β-unsaturated/α-hetero) is 1. The number of ketones is 1. The molecule has 0 aliphatic carbocycles. The maximum atomic E-state index is 11.7. The topological polar surface area (TPSA) is 43.4 Å². The highest BCUT2D eigenvalue weighted by Gasteiger charge is 2.29. The molecule has 5 heteroatoms. The minimum Gasteiger partial charge on any atom is -0.610 e. The van der Waals surface area contributed by atoms with Crippen LogP contribution in [-0.4, -0.2) is 28.6 Å². The van der Waals surface area contributed by atoms with Crippen LogP contribution in [0.25, 0.3) is 0 Å². The summed E-state index contributed by atoms with van der Waals surface area (Å²) < 4.78 is 11.7. The third-order valence-corrected chi connectivity index (χ3v) is 4.32. The van der Waals surface area contributed by atoms with Crippen LogP contribution in [0.3, 0.4) is 0 Å². The van der Waals surface area contributed by atoms with Gasteiger partial charge in [-0.1, -0.05) is 15.9 Å². The van der Waals surface area contributed by atoms with E-state index in [9.17, 15) is 9.35 Å².